The number of fused-ring (bicyclic) bond motifs is 1. The van der Waals surface area contributed by atoms with E-state index in [0.717, 1.165) is 17.9 Å². The molecule has 0 fully saturated rings. The van der Waals surface area contributed by atoms with E-state index in [0.29, 0.717) is 19.3 Å². The lowest BCUT2D eigenvalue weighted by Crippen LogP contribution is -2.50. The molecule has 4 heteroatoms. The first-order chi connectivity index (χ1) is 9.15. The summed E-state index contributed by atoms with van der Waals surface area (Å²) in [6.45, 7) is 6.22. The normalized spacial score (nSPS) is 22.4. The maximum atomic E-state index is 10.6. The molecule has 0 bridgehead atoms. The van der Waals surface area contributed by atoms with Crippen molar-refractivity contribution >= 4 is 0 Å². The lowest BCUT2D eigenvalue weighted by molar-refractivity contribution is -0.0197. The minimum Gasteiger partial charge on any atom is -0.491 e. The van der Waals surface area contributed by atoms with Crippen LogP contribution in [0.1, 0.15) is 25.5 Å². The quantitative estimate of drug-likeness (QED) is 0.882. The molecule has 1 N–H and O–H groups in total. The standard InChI is InChI=1S/C15H23NO3/c1-11(2)16(8-9-18-3)13-10-19-14-7-5-4-6-12(14)15(13)17/h4-7,11,13,15,17H,8-10H2,1-3H3. The maximum Gasteiger partial charge on any atom is 0.125 e. The molecule has 0 aliphatic carbocycles. The third kappa shape index (κ3) is 3.08. The molecular formula is C15H23NO3. The zero-order valence-electron chi connectivity index (χ0n) is 11.9. The largest absolute Gasteiger partial charge is 0.491 e. The molecule has 2 rings (SSSR count). The summed E-state index contributed by atoms with van der Waals surface area (Å²) in [6.07, 6.45) is -0.510. The number of benzene rings is 1. The predicted octanol–water partition coefficient (Wildman–Crippen LogP) is 1.84. The van der Waals surface area contributed by atoms with E-state index in [9.17, 15) is 5.11 Å². The van der Waals surface area contributed by atoms with Gasteiger partial charge >= 0.3 is 0 Å². The summed E-state index contributed by atoms with van der Waals surface area (Å²) in [4.78, 5) is 2.24. The van der Waals surface area contributed by atoms with Gasteiger partial charge in [-0.25, -0.2) is 0 Å². The summed E-state index contributed by atoms with van der Waals surface area (Å²) in [6, 6.07) is 8.01. The Bertz CT molecular complexity index is 408. The maximum absolute atomic E-state index is 10.6. The van der Waals surface area contributed by atoms with Crippen LogP contribution in [0, 0.1) is 0 Å². The Kier molecular flexibility index (Phi) is 4.80. The van der Waals surface area contributed by atoms with Gasteiger partial charge in [0.2, 0.25) is 0 Å². The van der Waals surface area contributed by atoms with Crippen molar-refractivity contribution in [1.29, 1.82) is 0 Å². The molecule has 0 amide bonds. The molecule has 1 aliphatic heterocycles. The number of hydrogen-bond acceptors (Lipinski definition) is 4. The van der Waals surface area contributed by atoms with Gasteiger partial charge in [0, 0.05) is 25.3 Å². The topological polar surface area (TPSA) is 41.9 Å². The molecule has 4 nitrogen and oxygen atoms in total. The monoisotopic (exact) mass is 265 g/mol. The van der Waals surface area contributed by atoms with Crippen LogP contribution in [-0.4, -0.2) is 49.0 Å². The first kappa shape index (κ1) is 14.3. The lowest BCUT2D eigenvalue weighted by Gasteiger charge is -2.40. The number of nitrogens with zero attached hydrogens (tertiary/aromatic N) is 1. The van der Waals surface area contributed by atoms with Crippen LogP contribution >= 0.6 is 0 Å². The highest BCUT2D eigenvalue weighted by Crippen LogP contribution is 2.34. The van der Waals surface area contributed by atoms with E-state index >= 15 is 0 Å². The minimum absolute atomic E-state index is 0.0231. The van der Waals surface area contributed by atoms with Crippen LogP contribution in [0.2, 0.25) is 0 Å². The molecule has 2 atom stereocenters. The average molecular weight is 265 g/mol. The fourth-order valence-electron chi connectivity index (χ4n) is 2.61. The molecule has 0 radical (unpaired) electrons. The van der Waals surface area contributed by atoms with Crippen molar-refractivity contribution in [2.24, 2.45) is 0 Å². The highest BCUT2D eigenvalue weighted by Gasteiger charge is 2.34. The van der Waals surface area contributed by atoms with Crippen LogP contribution in [0.5, 0.6) is 5.75 Å². The molecule has 1 heterocycles. The van der Waals surface area contributed by atoms with Crippen molar-refractivity contribution in [2.75, 3.05) is 26.9 Å². The smallest absolute Gasteiger partial charge is 0.125 e. The summed E-state index contributed by atoms with van der Waals surface area (Å²) >= 11 is 0. The summed E-state index contributed by atoms with van der Waals surface area (Å²) in [5.41, 5.74) is 0.877. The number of aliphatic hydroxyl groups is 1. The summed E-state index contributed by atoms with van der Waals surface area (Å²) in [7, 11) is 1.70. The Labute approximate surface area is 114 Å². The van der Waals surface area contributed by atoms with Crippen LogP contribution in [0.3, 0.4) is 0 Å². The Morgan fingerprint density at radius 1 is 1.42 bits per heavy atom. The van der Waals surface area contributed by atoms with E-state index in [2.05, 4.69) is 18.7 Å². The zero-order chi connectivity index (χ0) is 13.8. The molecule has 0 saturated heterocycles. The van der Waals surface area contributed by atoms with Gasteiger partial charge in [-0.2, -0.15) is 0 Å². The second kappa shape index (κ2) is 6.37. The molecule has 1 aromatic carbocycles. The Morgan fingerprint density at radius 2 is 2.16 bits per heavy atom. The van der Waals surface area contributed by atoms with E-state index in [1.807, 2.05) is 24.3 Å². The second-order valence-corrected chi connectivity index (χ2v) is 5.19. The molecule has 0 aromatic heterocycles. The van der Waals surface area contributed by atoms with Crippen molar-refractivity contribution in [3.63, 3.8) is 0 Å². The fraction of sp³-hybridized carbons (Fsp3) is 0.600. The van der Waals surface area contributed by atoms with E-state index < -0.39 is 6.10 Å². The van der Waals surface area contributed by atoms with Crippen molar-refractivity contribution < 1.29 is 14.6 Å². The molecule has 19 heavy (non-hydrogen) atoms. The van der Waals surface area contributed by atoms with Crippen LogP contribution in [0.4, 0.5) is 0 Å². The zero-order valence-corrected chi connectivity index (χ0v) is 11.9. The van der Waals surface area contributed by atoms with E-state index in [1.54, 1.807) is 7.11 Å². The van der Waals surface area contributed by atoms with Gasteiger partial charge in [0.05, 0.1) is 12.6 Å². The fourth-order valence-corrected chi connectivity index (χ4v) is 2.61. The van der Waals surface area contributed by atoms with E-state index in [4.69, 9.17) is 9.47 Å². The molecule has 2 unspecified atom stereocenters. The SMILES string of the molecule is COCCN(C(C)C)C1COc2ccccc2C1O. The number of para-hydroxylation sites is 1. The van der Waals surface area contributed by atoms with Crippen LogP contribution < -0.4 is 4.74 Å². The number of methoxy groups -OCH3 is 1. The van der Waals surface area contributed by atoms with Crippen molar-refractivity contribution in [1.82, 2.24) is 4.90 Å². The highest BCUT2D eigenvalue weighted by atomic mass is 16.5. The summed E-state index contributed by atoms with van der Waals surface area (Å²) < 4.78 is 10.9. The molecule has 1 aliphatic rings. The van der Waals surface area contributed by atoms with Crippen molar-refractivity contribution in [2.45, 2.75) is 32.0 Å². The molecule has 0 spiro atoms. The average Bonchev–Trinajstić information content (AvgIpc) is 2.41. The van der Waals surface area contributed by atoms with Gasteiger partial charge in [0.15, 0.2) is 0 Å². The number of hydrogen-bond donors (Lipinski definition) is 1. The summed E-state index contributed by atoms with van der Waals surface area (Å²) in [5.74, 6) is 0.793. The first-order valence-corrected chi connectivity index (χ1v) is 6.79. The van der Waals surface area contributed by atoms with Gasteiger partial charge < -0.3 is 14.6 Å². The first-order valence-electron chi connectivity index (χ1n) is 6.79. The van der Waals surface area contributed by atoms with Crippen LogP contribution in [0.25, 0.3) is 0 Å². The van der Waals surface area contributed by atoms with E-state index in [1.165, 1.54) is 0 Å². The molecule has 106 valence electrons. The third-order valence-electron chi connectivity index (χ3n) is 3.65. The van der Waals surface area contributed by atoms with Gasteiger partial charge in [0.25, 0.3) is 0 Å². The van der Waals surface area contributed by atoms with E-state index in [-0.39, 0.29) is 6.04 Å². The van der Waals surface area contributed by atoms with Crippen molar-refractivity contribution in [3.8, 4) is 5.75 Å². The van der Waals surface area contributed by atoms with Crippen LogP contribution in [0.15, 0.2) is 24.3 Å². The van der Waals surface area contributed by atoms with Gasteiger partial charge in [-0.1, -0.05) is 18.2 Å². The predicted molar refractivity (Wildman–Crippen MR) is 74.4 cm³/mol. The van der Waals surface area contributed by atoms with Gasteiger partial charge in [-0.3, -0.25) is 4.90 Å². The molecule has 0 saturated carbocycles. The number of ether oxygens (including phenoxy) is 2. The minimum atomic E-state index is -0.510. The van der Waals surface area contributed by atoms with Gasteiger partial charge in [0.1, 0.15) is 18.5 Å². The highest BCUT2D eigenvalue weighted by molar-refractivity contribution is 5.37. The lowest BCUT2D eigenvalue weighted by atomic mass is 9.97. The second-order valence-electron chi connectivity index (χ2n) is 5.19. The number of aliphatic hydroxyl groups excluding tert-OH is 1. The van der Waals surface area contributed by atoms with Gasteiger partial charge in [-0.05, 0) is 19.9 Å². The van der Waals surface area contributed by atoms with Crippen molar-refractivity contribution in [3.05, 3.63) is 29.8 Å². The molecular weight excluding hydrogens is 242 g/mol. The summed E-state index contributed by atoms with van der Waals surface area (Å²) in [5, 5.41) is 10.6. The van der Waals surface area contributed by atoms with Gasteiger partial charge in [-0.15, -0.1) is 0 Å². The Balaban J connectivity index is 2.17. The molecule has 1 aromatic rings. The third-order valence-corrected chi connectivity index (χ3v) is 3.65. The Hall–Kier alpha value is -1.10. The number of rotatable bonds is 5. The van der Waals surface area contributed by atoms with Crippen LogP contribution in [-0.2, 0) is 4.74 Å². The Morgan fingerprint density at radius 3 is 2.84 bits per heavy atom.